The molecule has 0 saturated heterocycles. The summed E-state index contributed by atoms with van der Waals surface area (Å²) in [5.74, 6) is -0.409. The molecule has 2 fully saturated rings. The van der Waals surface area contributed by atoms with Crippen molar-refractivity contribution in [3.63, 3.8) is 0 Å². The highest BCUT2D eigenvalue weighted by Gasteiger charge is 2.38. The van der Waals surface area contributed by atoms with Gasteiger partial charge in [0.2, 0.25) is 0 Å². The summed E-state index contributed by atoms with van der Waals surface area (Å²) in [4.78, 5) is 25.2. The molecule has 28 heavy (non-hydrogen) atoms. The summed E-state index contributed by atoms with van der Waals surface area (Å²) in [6.45, 7) is 3.26. The van der Waals surface area contributed by atoms with Crippen molar-refractivity contribution < 1.29 is 19.1 Å². The predicted molar refractivity (Wildman–Crippen MR) is 112 cm³/mol. The quantitative estimate of drug-likeness (QED) is 0.292. The van der Waals surface area contributed by atoms with Gasteiger partial charge < -0.3 is 9.47 Å². The zero-order chi connectivity index (χ0) is 20.0. The number of rotatable bonds is 12. The van der Waals surface area contributed by atoms with Crippen LogP contribution < -0.4 is 0 Å². The second kappa shape index (κ2) is 14.0. The molecule has 0 aromatic heterocycles. The second-order valence-corrected chi connectivity index (χ2v) is 8.92. The Hall–Kier alpha value is -1.06. The molecule has 0 radical (unpaired) electrons. The molecule has 0 aromatic rings. The van der Waals surface area contributed by atoms with E-state index in [4.69, 9.17) is 9.47 Å². The van der Waals surface area contributed by atoms with Gasteiger partial charge in [0, 0.05) is 0 Å². The molecular weight excluding hydrogens is 352 g/mol. The number of ether oxygens (including phenoxy) is 2. The standard InChI is InChI=1S/C24H42O4/c1-2-3-4-5-6-7-13-18-27-23(25)21-16-11-12-17-22(21)24(26)28-19-20-14-9-8-10-15-20/h20-22H,2-19H2,1H3. The van der Waals surface area contributed by atoms with Crippen molar-refractivity contribution in [1.29, 1.82) is 0 Å². The smallest absolute Gasteiger partial charge is 0.309 e. The van der Waals surface area contributed by atoms with Gasteiger partial charge in [-0.3, -0.25) is 9.59 Å². The average Bonchev–Trinajstić information content (AvgIpc) is 2.74. The van der Waals surface area contributed by atoms with Gasteiger partial charge in [-0.15, -0.1) is 0 Å². The molecule has 2 atom stereocenters. The van der Waals surface area contributed by atoms with E-state index in [1.54, 1.807) is 0 Å². The van der Waals surface area contributed by atoms with Crippen LogP contribution in [0.5, 0.6) is 0 Å². The Morgan fingerprint density at radius 2 is 1.21 bits per heavy atom. The first-order valence-corrected chi connectivity index (χ1v) is 12.1. The summed E-state index contributed by atoms with van der Waals surface area (Å²) in [7, 11) is 0. The van der Waals surface area contributed by atoms with E-state index in [1.807, 2.05) is 0 Å². The monoisotopic (exact) mass is 394 g/mol. The van der Waals surface area contributed by atoms with Gasteiger partial charge in [0.05, 0.1) is 25.0 Å². The maximum Gasteiger partial charge on any atom is 0.309 e. The molecule has 2 aliphatic carbocycles. The summed E-state index contributed by atoms with van der Waals surface area (Å²) in [6, 6.07) is 0. The summed E-state index contributed by atoms with van der Waals surface area (Å²) >= 11 is 0. The Morgan fingerprint density at radius 1 is 0.679 bits per heavy atom. The van der Waals surface area contributed by atoms with Crippen molar-refractivity contribution in [3.05, 3.63) is 0 Å². The van der Waals surface area contributed by atoms with Crippen LogP contribution in [0.4, 0.5) is 0 Å². The van der Waals surface area contributed by atoms with Crippen LogP contribution in [0.25, 0.3) is 0 Å². The maximum absolute atomic E-state index is 12.6. The molecule has 0 amide bonds. The molecule has 4 nitrogen and oxygen atoms in total. The lowest BCUT2D eigenvalue weighted by molar-refractivity contribution is -0.163. The summed E-state index contributed by atoms with van der Waals surface area (Å²) in [5.41, 5.74) is 0. The van der Waals surface area contributed by atoms with Crippen molar-refractivity contribution in [3.8, 4) is 0 Å². The molecule has 2 saturated carbocycles. The Morgan fingerprint density at radius 3 is 1.86 bits per heavy atom. The lowest BCUT2D eigenvalue weighted by atomic mass is 9.79. The van der Waals surface area contributed by atoms with Crippen molar-refractivity contribution in [2.75, 3.05) is 13.2 Å². The number of carbonyl (C=O) groups excluding carboxylic acids is 2. The fraction of sp³-hybridized carbons (Fsp3) is 0.917. The Bertz CT molecular complexity index is 442. The summed E-state index contributed by atoms with van der Waals surface area (Å²) < 4.78 is 11.2. The number of hydrogen-bond donors (Lipinski definition) is 0. The van der Waals surface area contributed by atoms with E-state index in [2.05, 4.69) is 6.92 Å². The van der Waals surface area contributed by atoms with Crippen molar-refractivity contribution in [2.24, 2.45) is 17.8 Å². The van der Waals surface area contributed by atoms with Gasteiger partial charge in [-0.25, -0.2) is 0 Å². The first-order chi connectivity index (χ1) is 13.7. The minimum absolute atomic E-state index is 0.164. The molecule has 2 rings (SSSR count). The zero-order valence-corrected chi connectivity index (χ0v) is 18.1. The molecule has 162 valence electrons. The lowest BCUT2D eigenvalue weighted by Gasteiger charge is -2.29. The zero-order valence-electron chi connectivity index (χ0n) is 18.1. The molecule has 0 aliphatic heterocycles. The van der Waals surface area contributed by atoms with E-state index in [1.165, 1.54) is 64.2 Å². The Labute approximate surface area is 172 Å². The van der Waals surface area contributed by atoms with Crippen LogP contribution in [0.2, 0.25) is 0 Å². The van der Waals surface area contributed by atoms with Gasteiger partial charge in [-0.1, -0.05) is 77.6 Å². The van der Waals surface area contributed by atoms with Crippen LogP contribution in [-0.2, 0) is 19.1 Å². The van der Waals surface area contributed by atoms with Crippen molar-refractivity contribution >= 4 is 11.9 Å². The van der Waals surface area contributed by atoms with Gasteiger partial charge in [0.25, 0.3) is 0 Å². The van der Waals surface area contributed by atoms with Gasteiger partial charge in [0.1, 0.15) is 0 Å². The summed E-state index contributed by atoms with van der Waals surface area (Å²) in [6.07, 6.45) is 18.1. The van der Waals surface area contributed by atoms with E-state index >= 15 is 0 Å². The molecule has 0 N–H and O–H groups in total. The van der Waals surface area contributed by atoms with E-state index in [0.717, 1.165) is 38.5 Å². The minimum Gasteiger partial charge on any atom is -0.465 e. The number of unbranched alkanes of at least 4 members (excludes halogenated alkanes) is 6. The summed E-state index contributed by atoms with van der Waals surface area (Å²) in [5, 5.41) is 0. The number of hydrogen-bond acceptors (Lipinski definition) is 4. The van der Waals surface area contributed by atoms with Crippen LogP contribution in [-0.4, -0.2) is 25.2 Å². The third-order valence-electron chi connectivity index (χ3n) is 6.55. The van der Waals surface area contributed by atoms with Crippen LogP contribution in [0, 0.1) is 17.8 Å². The van der Waals surface area contributed by atoms with E-state index in [9.17, 15) is 9.59 Å². The predicted octanol–water partition coefficient (Wildman–Crippen LogP) is 6.21. The van der Waals surface area contributed by atoms with Crippen molar-refractivity contribution in [2.45, 2.75) is 110 Å². The molecule has 0 heterocycles. The molecule has 0 aromatic carbocycles. The van der Waals surface area contributed by atoms with Crippen molar-refractivity contribution in [1.82, 2.24) is 0 Å². The van der Waals surface area contributed by atoms with Gasteiger partial charge >= 0.3 is 11.9 Å². The van der Waals surface area contributed by atoms with Crippen LogP contribution in [0.15, 0.2) is 0 Å². The Kier molecular flexibility index (Phi) is 11.6. The number of esters is 2. The maximum atomic E-state index is 12.6. The largest absolute Gasteiger partial charge is 0.465 e. The molecule has 4 heteroatoms. The highest BCUT2D eigenvalue weighted by molar-refractivity contribution is 5.82. The van der Waals surface area contributed by atoms with E-state index in [-0.39, 0.29) is 23.8 Å². The molecular formula is C24H42O4. The lowest BCUT2D eigenvalue weighted by Crippen LogP contribution is -2.35. The molecule has 2 aliphatic rings. The normalized spacial score (nSPS) is 23.3. The average molecular weight is 395 g/mol. The Balaban J connectivity index is 1.65. The second-order valence-electron chi connectivity index (χ2n) is 8.92. The molecule has 0 bridgehead atoms. The van der Waals surface area contributed by atoms with Gasteiger partial charge in [-0.2, -0.15) is 0 Å². The highest BCUT2D eigenvalue weighted by atomic mass is 16.5. The fourth-order valence-electron chi connectivity index (χ4n) is 4.69. The van der Waals surface area contributed by atoms with E-state index < -0.39 is 0 Å². The number of carbonyl (C=O) groups is 2. The molecule has 0 spiro atoms. The third-order valence-corrected chi connectivity index (χ3v) is 6.55. The SMILES string of the molecule is CCCCCCCCCOC(=O)C1CCCCC1C(=O)OCC1CCCCC1. The highest BCUT2D eigenvalue weighted by Crippen LogP contribution is 2.33. The third kappa shape index (κ3) is 8.53. The molecule has 2 unspecified atom stereocenters. The van der Waals surface area contributed by atoms with Gasteiger partial charge in [-0.05, 0) is 38.0 Å². The first kappa shape index (κ1) is 23.2. The first-order valence-electron chi connectivity index (χ1n) is 12.1. The van der Waals surface area contributed by atoms with Crippen LogP contribution in [0.1, 0.15) is 110 Å². The minimum atomic E-state index is -0.294. The van der Waals surface area contributed by atoms with Gasteiger partial charge in [0.15, 0.2) is 0 Å². The topological polar surface area (TPSA) is 52.6 Å². The van der Waals surface area contributed by atoms with Crippen LogP contribution >= 0.6 is 0 Å². The van der Waals surface area contributed by atoms with E-state index in [0.29, 0.717) is 19.1 Å². The van der Waals surface area contributed by atoms with Crippen LogP contribution in [0.3, 0.4) is 0 Å². The fourth-order valence-corrected chi connectivity index (χ4v) is 4.69.